The highest BCUT2D eigenvalue weighted by Gasteiger charge is 2.32. The van der Waals surface area contributed by atoms with Crippen molar-refractivity contribution in [2.75, 3.05) is 13.2 Å². The predicted octanol–water partition coefficient (Wildman–Crippen LogP) is 5.48. The Labute approximate surface area is 139 Å². The molecular formula is C20H29FO2. The standard InChI is InChI=1S/C20H29FO2/c1-2-3-4-15-5-7-16(8-6-15)18-13-22-20(23-14-18)17-9-11-19(21)12-10-17/h9-12,15-16,18,20H,2-8,13-14H2,1H3/t15-,16-,18?,20?. The van der Waals surface area contributed by atoms with E-state index in [0.29, 0.717) is 5.92 Å². The zero-order valence-electron chi connectivity index (χ0n) is 14.2. The minimum absolute atomic E-state index is 0.220. The van der Waals surface area contributed by atoms with Crippen molar-refractivity contribution < 1.29 is 13.9 Å². The number of hydrogen-bond acceptors (Lipinski definition) is 2. The van der Waals surface area contributed by atoms with Crippen LogP contribution < -0.4 is 0 Å². The van der Waals surface area contributed by atoms with Crippen LogP contribution in [0.5, 0.6) is 0 Å². The topological polar surface area (TPSA) is 18.5 Å². The molecule has 1 aliphatic carbocycles. The minimum Gasteiger partial charge on any atom is -0.348 e. The fourth-order valence-corrected chi connectivity index (χ4v) is 4.04. The molecule has 1 saturated carbocycles. The quantitative estimate of drug-likeness (QED) is 0.715. The monoisotopic (exact) mass is 320 g/mol. The van der Waals surface area contributed by atoms with E-state index in [0.717, 1.165) is 30.6 Å². The molecule has 0 amide bonds. The van der Waals surface area contributed by atoms with Crippen LogP contribution in [0.4, 0.5) is 4.39 Å². The fourth-order valence-electron chi connectivity index (χ4n) is 4.04. The van der Waals surface area contributed by atoms with Gasteiger partial charge in [-0.1, -0.05) is 51.2 Å². The molecule has 23 heavy (non-hydrogen) atoms. The van der Waals surface area contributed by atoms with Crippen molar-refractivity contribution in [1.82, 2.24) is 0 Å². The Bertz CT molecular complexity index is 457. The van der Waals surface area contributed by atoms with E-state index in [-0.39, 0.29) is 12.1 Å². The largest absolute Gasteiger partial charge is 0.348 e. The third kappa shape index (κ3) is 4.54. The molecule has 1 aliphatic heterocycles. The van der Waals surface area contributed by atoms with E-state index >= 15 is 0 Å². The van der Waals surface area contributed by atoms with E-state index in [9.17, 15) is 4.39 Å². The molecule has 0 bridgehead atoms. The van der Waals surface area contributed by atoms with Crippen molar-refractivity contribution in [2.24, 2.45) is 17.8 Å². The molecule has 3 heteroatoms. The van der Waals surface area contributed by atoms with Crippen LogP contribution in [-0.4, -0.2) is 13.2 Å². The summed E-state index contributed by atoms with van der Waals surface area (Å²) < 4.78 is 24.8. The molecule has 1 aromatic carbocycles. The number of rotatable bonds is 5. The van der Waals surface area contributed by atoms with Crippen molar-refractivity contribution in [3.05, 3.63) is 35.6 Å². The minimum atomic E-state index is -0.326. The number of benzene rings is 1. The lowest BCUT2D eigenvalue weighted by molar-refractivity contribution is -0.214. The molecule has 1 saturated heterocycles. The van der Waals surface area contributed by atoms with Gasteiger partial charge in [0, 0.05) is 11.5 Å². The first-order valence-corrected chi connectivity index (χ1v) is 9.25. The van der Waals surface area contributed by atoms with Gasteiger partial charge >= 0.3 is 0 Å². The number of halogens is 1. The maximum absolute atomic E-state index is 13.0. The fraction of sp³-hybridized carbons (Fsp3) is 0.700. The Hall–Kier alpha value is -0.930. The van der Waals surface area contributed by atoms with Crippen molar-refractivity contribution in [1.29, 1.82) is 0 Å². The van der Waals surface area contributed by atoms with E-state index in [1.807, 2.05) is 0 Å². The first-order valence-electron chi connectivity index (χ1n) is 9.25. The Kier molecular flexibility index (Phi) is 6.07. The zero-order chi connectivity index (χ0) is 16.1. The summed E-state index contributed by atoms with van der Waals surface area (Å²) in [6.45, 7) is 3.82. The van der Waals surface area contributed by atoms with Crippen LogP contribution in [0.1, 0.15) is 63.7 Å². The highest BCUT2D eigenvalue weighted by Crippen LogP contribution is 2.38. The molecule has 1 aromatic rings. The number of unbranched alkanes of at least 4 members (excludes halogenated alkanes) is 1. The first-order chi connectivity index (χ1) is 11.3. The van der Waals surface area contributed by atoms with E-state index in [1.54, 1.807) is 12.1 Å². The van der Waals surface area contributed by atoms with Crippen LogP contribution in [0.2, 0.25) is 0 Å². The average molecular weight is 320 g/mol. The van der Waals surface area contributed by atoms with Gasteiger partial charge in [-0.3, -0.25) is 0 Å². The molecule has 0 N–H and O–H groups in total. The van der Waals surface area contributed by atoms with Crippen LogP contribution in [0.15, 0.2) is 24.3 Å². The summed E-state index contributed by atoms with van der Waals surface area (Å²) in [6.07, 6.45) is 9.19. The Morgan fingerprint density at radius 2 is 1.61 bits per heavy atom. The Morgan fingerprint density at radius 3 is 2.22 bits per heavy atom. The highest BCUT2D eigenvalue weighted by molar-refractivity contribution is 5.17. The van der Waals surface area contributed by atoms with Gasteiger partial charge in [0.1, 0.15) is 5.82 Å². The molecule has 2 nitrogen and oxygen atoms in total. The van der Waals surface area contributed by atoms with Gasteiger partial charge < -0.3 is 9.47 Å². The predicted molar refractivity (Wildman–Crippen MR) is 89.5 cm³/mol. The third-order valence-corrected chi connectivity index (χ3v) is 5.59. The first kappa shape index (κ1) is 16.9. The summed E-state index contributed by atoms with van der Waals surface area (Å²) in [6, 6.07) is 6.43. The summed E-state index contributed by atoms with van der Waals surface area (Å²) in [5.74, 6) is 2.01. The molecule has 3 rings (SSSR count). The van der Waals surface area contributed by atoms with Gasteiger partial charge in [0.15, 0.2) is 6.29 Å². The van der Waals surface area contributed by atoms with Crippen LogP contribution >= 0.6 is 0 Å². The van der Waals surface area contributed by atoms with E-state index in [4.69, 9.17) is 9.47 Å². The van der Waals surface area contributed by atoms with E-state index in [2.05, 4.69) is 6.92 Å². The van der Waals surface area contributed by atoms with Crippen molar-refractivity contribution in [3.63, 3.8) is 0 Å². The smallest absolute Gasteiger partial charge is 0.183 e. The van der Waals surface area contributed by atoms with Crippen LogP contribution in [-0.2, 0) is 9.47 Å². The SMILES string of the molecule is CCCC[C@H]1CC[C@H](C2COC(c3ccc(F)cc3)OC2)CC1. The molecule has 128 valence electrons. The molecule has 1 heterocycles. The maximum atomic E-state index is 13.0. The molecule has 2 fully saturated rings. The lowest BCUT2D eigenvalue weighted by Gasteiger charge is -2.37. The maximum Gasteiger partial charge on any atom is 0.183 e. The van der Waals surface area contributed by atoms with Crippen molar-refractivity contribution >= 4 is 0 Å². The second kappa shape index (κ2) is 8.25. The molecule has 0 atom stereocenters. The molecule has 0 unspecified atom stereocenters. The summed E-state index contributed by atoms with van der Waals surface area (Å²) in [4.78, 5) is 0. The summed E-state index contributed by atoms with van der Waals surface area (Å²) in [5, 5.41) is 0. The Balaban J connectivity index is 1.43. The molecule has 0 spiro atoms. The molecular weight excluding hydrogens is 291 g/mol. The van der Waals surface area contributed by atoms with Gasteiger partial charge in [-0.25, -0.2) is 4.39 Å². The normalized spacial score (nSPS) is 31.9. The summed E-state index contributed by atoms with van der Waals surface area (Å²) in [7, 11) is 0. The number of hydrogen-bond donors (Lipinski definition) is 0. The van der Waals surface area contributed by atoms with Crippen LogP contribution in [0.3, 0.4) is 0 Å². The van der Waals surface area contributed by atoms with Crippen LogP contribution in [0.25, 0.3) is 0 Å². The van der Waals surface area contributed by atoms with Crippen molar-refractivity contribution in [3.8, 4) is 0 Å². The van der Waals surface area contributed by atoms with E-state index in [1.165, 1.54) is 57.1 Å². The van der Waals surface area contributed by atoms with Gasteiger partial charge in [-0.15, -0.1) is 0 Å². The van der Waals surface area contributed by atoms with Gasteiger partial charge in [0.2, 0.25) is 0 Å². The second-order valence-electron chi connectivity index (χ2n) is 7.23. The lowest BCUT2D eigenvalue weighted by Crippen LogP contribution is -2.34. The molecule has 2 aliphatic rings. The Morgan fingerprint density at radius 1 is 0.957 bits per heavy atom. The lowest BCUT2D eigenvalue weighted by atomic mass is 9.75. The number of ether oxygens (including phenoxy) is 2. The van der Waals surface area contributed by atoms with E-state index < -0.39 is 0 Å². The average Bonchev–Trinajstić information content (AvgIpc) is 2.61. The highest BCUT2D eigenvalue weighted by atomic mass is 19.1. The molecule has 0 radical (unpaired) electrons. The van der Waals surface area contributed by atoms with Gasteiger partial charge in [-0.2, -0.15) is 0 Å². The summed E-state index contributed by atoms with van der Waals surface area (Å²) >= 11 is 0. The zero-order valence-corrected chi connectivity index (χ0v) is 14.2. The van der Waals surface area contributed by atoms with Crippen LogP contribution in [0, 0.1) is 23.6 Å². The van der Waals surface area contributed by atoms with Gasteiger partial charge in [0.25, 0.3) is 0 Å². The molecule has 0 aromatic heterocycles. The van der Waals surface area contributed by atoms with Crippen molar-refractivity contribution in [2.45, 2.75) is 58.2 Å². The van der Waals surface area contributed by atoms with Gasteiger partial charge in [0.05, 0.1) is 13.2 Å². The third-order valence-electron chi connectivity index (χ3n) is 5.59. The second-order valence-corrected chi connectivity index (χ2v) is 7.23. The summed E-state index contributed by atoms with van der Waals surface area (Å²) in [5.41, 5.74) is 0.910. The van der Waals surface area contributed by atoms with Gasteiger partial charge in [-0.05, 0) is 36.8 Å².